The fourth-order valence-corrected chi connectivity index (χ4v) is 2.43. The van der Waals surface area contributed by atoms with Gasteiger partial charge in [0.05, 0.1) is 24.7 Å². The molecule has 2 atom stereocenters. The van der Waals surface area contributed by atoms with Crippen molar-refractivity contribution in [3.8, 4) is 0 Å². The van der Waals surface area contributed by atoms with Gasteiger partial charge in [-0.05, 0) is 25.8 Å². The molecule has 1 N–H and O–H groups in total. The number of rotatable bonds is 5. The molecule has 4 nitrogen and oxygen atoms in total. The molecule has 0 amide bonds. The first-order chi connectivity index (χ1) is 8.31. The quantitative estimate of drug-likeness (QED) is 0.850. The Bertz CT molecular complexity index is 331. The monoisotopic (exact) mass is 237 g/mol. The van der Waals surface area contributed by atoms with Gasteiger partial charge in [0, 0.05) is 25.8 Å². The Labute approximate surface area is 103 Å². The lowest BCUT2D eigenvalue weighted by atomic mass is 9.91. The highest BCUT2D eigenvalue weighted by molar-refractivity contribution is 5.06. The van der Waals surface area contributed by atoms with Gasteiger partial charge in [-0.15, -0.1) is 0 Å². The molecular formula is C13H23N3O. The predicted molar refractivity (Wildman–Crippen MR) is 67.8 cm³/mol. The van der Waals surface area contributed by atoms with Crippen molar-refractivity contribution in [2.75, 3.05) is 19.8 Å². The number of hydrogen-bond donors (Lipinski definition) is 1. The smallest absolute Gasteiger partial charge is 0.0947 e. The van der Waals surface area contributed by atoms with E-state index < -0.39 is 0 Å². The second-order valence-corrected chi connectivity index (χ2v) is 4.87. The summed E-state index contributed by atoms with van der Waals surface area (Å²) in [7, 11) is 2.02. The lowest BCUT2D eigenvalue weighted by Crippen LogP contribution is -2.34. The average Bonchev–Trinajstić information content (AvgIpc) is 2.78. The van der Waals surface area contributed by atoms with Crippen molar-refractivity contribution in [3.63, 3.8) is 0 Å². The Morgan fingerprint density at radius 2 is 2.53 bits per heavy atom. The van der Waals surface area contributed by atoms with Crippen LogP contribution in [0.2, 0.25) is 0 Å². The van der Waals surface area contributed by atoms with Gasteiger partial charge in [0.15, 0.2) is 0 Å². The minimum atomic E-state index is 0.344. The fraction of sp³-hybridized carbons (Fsp3) is 0.769. The molecule has 1 aliphatic rings. The van der Waals surface area contributed by atoms with Crippen molar-refractivity contribution in [2.45, 2.75) is 32.2 Å². The van der Waals surface area contributed by atoms with Crippen LogP contribution in [0.4, 0.5) is 0 Å². The Balaban J connectivity index is 2.06. The summed E-state index contributed by atoms with van der Waals surface area (Å²) in [6.07, 6.45) is 7.54. The molecule has 0 saturated carbocycles. The molecular weight excluding hydrogens is 214 g/mol. The first-order valence-corrected chi connectivity index (χ1v) is 6.60. The zero-order chi connectivity index (χ0) is 12.1. The van der Waals surface area contributed by atoms with Crippen molar-refractivity contribution in [3.05, 3.63) is 18.2 Å². The van der Waals surface area contributed by atoms with Gasteiger partial charge < -0.3 is 14.6 Å². The maximum absolute atomic E-state index is 5.60. The number of nitrogens with one attached hydrogen (secondary N) is 1. The van der Waals surface area contributed by atoms with Crippen molar-refractivity contribution in [1.29, 1.82) is 0 Å². The second-order valence-electron chi connectivity index (χ2n) is 4.87. The third kappa shape index (κ3) is 3.30. The Morgan fingerprint density at radius 3 is 3.12 bits per heavy atom. The molecule has 0 spiro atoms. The first-order valence-electron chi connectivity index (χ1n) is 6.60. The van der Waals surface area contributed by atoms with Gasteiger partial charge in [-0.2, -0.15) is 0 Å². The highest BCUT2D eigenvalue weighted by Gasteiger charge is 2.26. The van der Waals surface area contributed by atoms with Crippen LogP contribution in [0.25, 0.3) is 0 Å². The molecule has 17 heavy (non-hydrogen) atoms. The molecule has 2 unspecified atom stereocenters. The number of hydrogen-bond acceptors (Lipinski definition) is 3. The van der Waals surface area contributed by atoms with Gasteiger partial charge in [-0.25, -0.2) is 4.98 Å². The van der Waals surface area contributed by atoms with E-state index in [4.69, 9.17) is 4.74 Å². The highest BCUT2D eigenvalue weighted by atomic mass is 16.5. The lowest BCUT2D eigenvalue weighted by Gasteiger charge is -2.30. The van der Waals surface area contributed by atoms with Gasteiger partial charge >= 0.3 is 0 Å². The first kappa shape index (κ1) is 12.6. The van der Waals surface area contributed by atoms with E-state index in [2.05, 4.69) is 23.4 Å². The topological polar surface area (TPSA) is 39.1 Å². The van der Waals surface area contributed by atoms with E-state index in [9.17, 15) is 0 Å². The van der Waals surface area contributed by atoms with Gasteiger partial charge in [-0.3, -0.25) is 0 Å². The largest absolute Gasteiger partial charge is 0.381 e. The second kappa shape index (κ2) is 6.17. The number of nitrogens with zero attached hydrogens (tertiary/aromatic N) is 2. The van der Waals surface area contributed by atoms with E-state index in [-0.39, 0.29) is 0 Å². The SMILES string of the molecule is CCCNC(c1cn(C)cn1)C1CCCOC1. The lowest BCUT2D eigenvalue weighted by molar-refractivity contribution is 0.0384. The van der Waals surface area contributed by atoms with Crippen LogP contribution in [-0.2, 0) is 11.8 Å². The molecule has 2 heterocycles. The molecule has 1 saturated heterocycles. The van der Waals surface area contributed by atoms with E-state index in [0.29, 0.717) is 12.0 Å². The molecule has 1 aromatic heterocycles. The van der Waals surface area contributed by atoms with Gasteiger partial charge in [-0.1, -0.05) is 6.92 Å². The molecule has 0 aromatic carbocycles. The third-order valence-corrected chi connectivity index (χ3v) is 3.32. The van der Waals surface area contributed by atoms with Gasteiger partial charge in [0.25, 0.3) is 0 Å². The summed E-state index contributed by atoms with van der Waals surface area (Å²) >= 11 is 0. The Hall–Kier alpha value is -0.870. The Kier molecular flexibility index (Phi) is 4.57. The van der Waals surface area contributed by atoms with Gasteiger partial charge in [0.1, 0.15) is 0 Å². The maximum atomic E-state index is 5.60. The minimum absolute atomic E-state index is 0.344. The fourth-order valence-electron chi connectivity index (χ4n) is 2.43. The molecule has 2 rings (SSSR count). The molecule has 0 aliphatic carbocycles. The normalized spacial score (nSPS) is 22.6. The molecule has 0 radical (unpaired) electrons. The molecule has 0 bridgehead atoms. The van der Waals surface area contributed by atoms with E-state index in [1.807, 2.05) is 17.9 Å². The zero-order valence-electron chi connectivity index (χ0n) is 10.9. The number of imidazole rings is 1. The summed E-state index contributed by atoms with van der Waals surface area (Å²) in [4.78, 5) is 4.49. The van der Waals surface area contributed by atoms with Crippen LogP contribution in [0.5, 0.6) is 0 Å². The van der Waals surface area contributed by atoms with Crippen LogP contribution >= 0.6 is 0 Å². The average molecular weight is 237 g/mol. The van der Waals surface area contributed by atoms with Crippen LogP contribution in [0, 0.1) is 5.92 Å². The summed E-state index contributed by atoms with van der Waals surface area (Å²) in [6.45, 7) is 5.01. The number of ether oxygens (including phenoxy) is 1. The summed E-state index contributed by atoms with van der Waals surface area (Å²) in [5.74, 6) is 0.560. The predicted octanol–water partition coefficient (Wildman–Crippen LogP) is 1.89. The van der Waals surface area contributed by atoms with Crippen LogP contribution in [0.1, 0.15) is 37.9 Å². The molecule has 1 aliphatic heterocycles. The van der Waals surface area contributed by atoms with E-state index in [1.54, 1.807) is 0 Å². The third-order valence-electron chi connectivity index (χ3n) is 3.32. The van der Waals surface area contributed by atoms with Crippen LogP contribution < -0.4 is 5.32 Å². The summed E-state index contributed by atoms with van der Waals surface area (Å²) in [6, 6.07) is 0.344. The molecule has 1 fully saturated rings. The van der Waals surface area contributed by atoms with Crippen molar-refractivity contribution in [1.82, 2.24) is 14.9 Å². The number of aryl methyl sites for hydroxylation is 1. The highest BCUT2D eigenvalue weighted by Crippen LogP contribution is 2.27. The Morgan fingerprint density at radius 1 is 1.65 bits per heavy atom. The molecule has 1 aromatic rings. The molecule has 96 valence electrons. The van der Waals surface area contributed by atoms with E-state index in [0.717, 1.165) is 31.9 Å². The summed E-state index contributed by atoms with van der Waals surface area (Å²) in [5, 5.41) is 3.61. The number of aromatic nitrogens is 2. The maximum Gasteiger partial charge on any atom is 0.0947 e. The van der Waals surface area contributed by atoms with Crippen LogP contribution in [-0.4, -0.2) is 29.3 Å². The van der Waals surface area contributed by atoms with E-state index in [1.165, 1.54) is 12.8 Å². The molecule has 4 heteroatoms. The van der Waals surface area contributed by atoms with Crippen molar-refractivity contribution >= 4 is 0 Å². The zero-order valence-corrected chi connectivity index (χ0v) is 10.9. The standard InChI is InChI=1S/C13H23N3O/c1-3-6-14-13(11-5-4-7-17-9-11)12-8-16(2)10-15-12/h8,10-11,13-14H,3-7,9H2,1-2H3. The van der Waals surface area contributed by atoms with Crippen molar-refractivity contribution in [2.24, 2.45) is 13.0 Å². The van der Waals surface area contributed by atoms with E-state index >= 15 is 0 Å². The minimum Gasteiger partial charge on any atom is -0.381 e. The van der Waals surface area contributed by atoms with Crippen LogP contribution in [0.3, 0.4) is 0 Å². The van der Waals surface area contributed by atoms with Crippen LogP contribution in [0.15, 0.2) is 12.5 Å². The van der Waals surface area contributed by atoms with Crippen molar-refractivity contribution < 1.29 is 4.74 Å². The van der Waals surface area contributed by atoms with Gasteiger partial charge in [0.2, 0.25) is 0 Å². The summed E-state index contributed by atoms with van der Waals surface area (Å²) in [5.41, 5.74) is 1.15. The summed E-state index contributed by atoms with van der Waals surface area (Å²) < 4.78 is 7.61.